The summed E-state index contributed by atoms with van der Waals surface area (Å²) >= 11 is 7.07. The summed E-state index contributed by atoms with van der Waals surface area (Å²) in [7, 11) is 3.29. The average Bonchev–Trinajstić information content (AvgIpc) is 3.05. The Labute approximate surface area is 169 Å². The molecule has 0 fully saturated rings. The average molecular weight is 487 g/mol. The van der Waals surface area contributed by atoms with E-state index in [2.05, 4.69) is 36.8 Å². The van der Waals surface area contributed by atoms with Crippen molar-refractivity contribution in [2.24, 2.45) is 0 Å². The summed E-state index contributed by atoms with van der Waals surface area (Å²) in [5, 5.41) is 0. The Kier molecular flexibility index (Phi) is 6.04. The Morgan fingerprint density at radius 2 is 2.08 bits per heavy atom. The Hall–Kier alpha value is -1.38. The number of hydrogen-bond donors (Lipinski definition) is 0. The van der Waals surface area contributed by atoms with Gasteiger partial charge in [-0.15, -0.1) is 0 Å². The second kappa shape index (κ2) is 8.10. The summed E-state index contributed by atoms with van der Waals surface area (Å²) in [6.07, 6.45) is 3.36. The maximum absolute atomic E-state index is 13.2. The van der Waals surface area contributed by atoms with Crippen LogP contribution in [0, 0.1) is 0 Å². The number of anilines is 2. The Balaban J connectivity index is 2.10. The summed E-state index contributed by atoms with van der Waals surface area (Å²) in [5.41, 5.74) is 1.99. The van der Waals surface area contributed by atoms with Crippen LogP contribution in [0.5, 0.6) is 5.75 Å². The van der Waals surface area contributed by atoms with Gasteiger partial charge >= 0.3 is 0 Å². The molecule has 0 saturated carbocycles. The number of ether oxygens (including phenoxy) is 2. The summed E-state index contributed by atoms with van der Waals surface area (Å²) in [5.74, 6) is 1.21. The SMILES string of the molecule is CC[C@H](COC)n1cc(Br)nc(N2CCc3cc(OC)cc(Br)c32)c1=O. The number of rotatable bonds is 6. The third-order valence-electron chi connectivity index (χ3n) is 4.59. The number of halogens is 2. The smallest absolute Gasteiger partial charge is 0.294 e. The number of aromatic nitrogens is 2. The van der Waals surface area contributed by atoms with Gasteiger partial charge in [0.1, 0.15) is 10.4 Å². The lowest BCUT2D eigenvalue weighted by Crippen LogP contribution is -2.33. The fraction of sp³-hybridized carbons (Fsp3) is 0.444. The van der Waals surface area contributed by atoms with Crippen molar-refractivity contribution in [2.75, 3.05) is 32.3 Å². The zero-order valence-electron chi connectivity index (χ0n) is 15.0. The van der Waals surface area contributed by atoms with Gasteiger partial charge in [-0.25, -0.2) is 4.98 Å². The van der Waals surface area contributed by atoms with Crippen LogP contribution in [0.4, 0.5) is 11.5 Å². The molecule has 1 aromatic heterocycles. The first kappa shape index (κ1) is 19.4. The van der Waals surface area contributed by atoms with Crippen LogP contribution >= 0.6 is 31.9 Å². The molecule has 0 N–H and O–H groups in total. The molecular weight excluding hydrogens is 466 g/mol. The van der Waals surface area contributed by atoms with Gasteiger partial charge in [-0.05, 0) is 62.4 Å². The van der Waals surface area contributed by atoms with E-state index in [9.17, 15) is 4.79 Å². The van der Waals surface area contributed by atoms with Gasteiger partial charge in [-0.1, -0.05) is 6.92 Å². The van der Waals surface area contributed by atoms with Crippen molar-refractivity contribution in [2.45, 2.75) is 25.8 Å². The summed E-state index contributed by atoms with van der Waals surface area (Å²) in [4.78, 5) is 19.6. The van der Waals surface area contributed by atoms with Crippen LogP contribution in [-0.4, -0.2) is 36.9 Å². The molecular formula is C18H21Br2N3O3. The monoisotopic (exact) mass is 485 g/mol. The number of nitrogens with zero attached hydrogens (tertiary/aromatic N) is 3. The van der Waals surface area contributed by atoms with E-state index in [4.69, 9.17) is 9.47 Å². The van der Waals surface area contributed by atoms with Crippen molar-refractivity contribution in [1.82, 2.24) is 9.55 Å². The second-order valence-corrected chi connectivity index (χ2v) is 7.80. The Bertz CT molecular complexity index is 869. The molecule has 2 heterocycles. The first-order chi connectivity index (χ1) is 12.5. The van der Waals surface area contributed by atoms with Gasteiger partial charge in [0.05, 0.1) is 25.4 Å². The lowest BCUT2D eigenvalue weighted by molar-refractivity contribution is 0.151. The van der Waals surface area contributed by atoms with Crippen molar-refractivity contribution in [3.63, 3.8) is 0 Å². The largest absolute Gasteiger partial charge is 0.497 e. The van der Waals surface area contributed by atoms with Gasteiger partial charge in [0.2, 0.25) is 5.82 Å². The summed E-state index contributed by atoms with van der Waals surface area (Å²) in [6, 6.07) is 3.89. The van der Waals surface area contributed by atoms with Crippen molar-refractivity contribution in [3.05, 3.63) is 43.3 Å². The number of benzene rings is 1. The van der Waals surface area contributed by atoms with Crippen LogP contribution in [0.2, 0.25) is 0 Å². The Morgan fingerprint density at radius 3 is 2.73 bits per heavy atom. The van der Waals surface area contributed by atoms with Gasteiger partial charge < -0.3 is 18.9 Å². The molecule has 1 aliphatic heterocycles. The molecule has 6 nitrogen and oxygen atoms in total. The molecule has 3 rings (SSSR count). The number of methoxy groups -OCH3 is 2. The molecule has 0 amide bonds. The number of hydrogen-bond acceptors (Lipinski definition) is 5. The zero-order chi connectivity index (χ0) is 18.8. The van der Waals surface area contributed by atoms with Crippen molar-refractivity contribution >= 4 is 43.4 Å². The third-order valence-corrected chi connectivity index (χ3v) is 5.58. The molecule has 1 aromatic carbocycles. The van der Waals surface area contributed by atoms with Gasteiger partial charge in [0, 0.05) is 24.3 Å². The van der Waals surface area contributed by atoms with E-state index in [-0.39, 0.29) is 11.6 Å². The number of fused-ring (bicyclic) bond motifs is 1. The minimum absolute atomic E-state index is 0.0352. The fourth-order valence-electron chi connectivity index (χ4n) is 3.30. The summed E-state index contributed by atoms with van der Waals surface area (Å²) < 4.78 is 13.9. The van der Waals surface area contributed by atoms with Gasteiger partial charge in [-0.3, -0.25) is 4.79 Å². The van der Waals surface area contributed by atoms with E-state index in [1.165, 1.54) is 0 Å². The minimum atomic E-state index is -0.118. The van der Waals surface area contributed by atoms with E-state index >= 15 is 0 Å². The quantitative estimate of drug-likeness (QED) is 0.616. The van der Waals surface area contributed by atoms with Crippen LogP contribution in [0.1, 0.15) is 24.9 Å². The van der Waals surface area contributed by atoms with E-state index in [1.807, 2.05) is 24.0 Å². The van der Waals surface area contributed by atoms with Gasteiger partial charge in [-0.2, -0.15) is 0 Å². The molecule has 2 aromatic rings. The zero-order valence-corrected chi connectivity index (χ0v) is 18.1. The molecule has 140 valence electrons. The van der Waals surface area contributed by atoms with E-state index in [1.54, 1.807) is 25.0 Å². The van der Waals surface area contributed by atoms with Crippen LogP contribution in [0.25, 0.3) is 0 Å². The third kappa shape index (κ3) is 3.54. The van der Waals surface area contributed by atoms with Gasteiger partial charge in [0.15, 0.2) is 0 Å². The molecule has 1 aliphatic rings. The predicted octanol–water partition coefficient (Wildman–Crippen LogP) is 4.07. The maximum atomic E-state index is 13.2. The molecule has 0 bridgehead atoms. The van der Waals surface area contributed by atoms with Crippen LogP contribution < -0.4 is 15.2 Å². The Morgan fingerprint density at radius 1 is 1.31 bits per heavy atom. The normalized spacial score (nSPS) is 14.4. The standard InChI is InChI=1S/C18H21Br2N3O3/c1-4-12(10-25-2)23-9-15(20)21-17(18(23)24)22-6-5-11-7-13(26-3)8-14(19)16(11)22/h7-9,12H,4-6,10H2,1-3H3/t12-/m1/s1. The minimum Gasteiger partial charge on any atom is -0.497 e. The highest BCUT2D eigenvalue weighted by molar-refractivity contribution is 9.10. The first-order valence-electron chi connectivity index (χ1n) is 8.41. The molecule has 0 radical (unpaired) electrons. The second-order valence-electron chi connectivity index (χ2n) is 6.14. The lowest BCUT2D eigenvalue weighted by atomic mass is 10.1. The maximum Gasteiger partial charge on any atom is 0.294 e. The topological polar surface area (TPSA) is 56.6 Å². The van der Waals surface area contributed by atoms with Crippen molar-refractivity contribution in [3.8, 4) is 5.75 Å². The van der Waals surface area contributed by atoms with Crippen LogP contribution in [0.15, 0.2) is 32.2 Å². The van der Waals surface area contributed by atoms with Crippen molar-refractivity contribution < 1.29 is 9.47 Å². The highest BCUT2D eigenvalue weighted by atomic mass is 79.9. The molecule has 8 heteroatoms. The van der Waals surface area contributed by atoms with Crippen LogP contribution in [0.3, 0.4) is 0 Å². The first-order valence-corrected chi connectivity index (χ1v) is 10.00. The molecule has 1 atom stereocenters. The van der Waals surface area contributed by atoms with E-state index < -0.39 is 0 Å². The van der Waals surface area contributed by atoms with Crippen LogP contribution in [-0.2, 0) is 11.2 Å². The summed E-state index contributed by atoms with van der Waals surface area (Å²) in [6.45, 7) is 3.21. The molecule has 0 aliphatic carbocycles. The van der Waals surface area contributed by atoms with Crippen molar-refractivity contribution in [1.29, 1.82) is 0 Å². The lowest BCUT2D eigenvalue weighted by Gasteiger charge is -2.23. The highest BCUT2D eigenvalue weighted by Gasteiger charge is 2.28. The predicted molar refractivity (Wildman–Crippen MR) is 109 cm³/mol. The van der Waals surface area contributed by atoms with Gasteiger partial charge in [0.25, 0.3) is 5.56 Å². The molecule has 26 heavy (non-hydrogen) atoms. The molecule has 0 saturated heterocycles. The highest BCUT2D eigenvalue weighted by Crippen LogP contribution is 2.41. The van der Waals surface area contributed by atoms with E-state index in [0.29, 0.717) is 23.6 Å². The fourth-order valence-corrected chi connectivity index (χ4v) is 4.38. The van der Waals surface area contributed by atoms with E-state index in [0.717, 1.165) is 34.3 Å². The molecule has 0 spiro atoms. The molecule has 0 unspecified atom stereocenters.